The molecule has 0 bridgehead atoms. The number of hydrogen-bond donors (Lipinski definition) is 3. The molecule has 0 saturated heterocycles. The molecule has 0 heterocycles. The van der Waals surface area contributed by atoms with Crippen molar-refractivity contribution in [3.8, 4) is 0 Å². The highest BCUT2D eigenvalue weighted by molar-refractivity contribution is 6.31. The Balaban J connectivity index is 2.30. The minimum absolute atomic E-state index is 0.309. The first-order chi connectivity index (χ1) is 9.51. The Morgan fingerprint density at radius 3 is 2.55 bits per heavy atom. The van der Waals surface area contributed by atoms with E-state index in [1.54, 1.807) is 19.1 Å². The molecular weight excluding hydrogens is 281 g/mol. The van der Waals surface area contributed by atoms with E-state index in [2.05, 4.69) is 10.7 Å². The summed E-state index contributed by atoms with van der Waals surface area (Å²) in [6.07, 6.45) is 0. The van der Waals surface area contributed by atoms with Gasteiger partial charge in [0.05, 0.1) is 11.3 Å². The van der Waals surface area contributed by atoms with Gasteiger partial charge in [0.25, 0.3) is 5.91 Å². The molecule has 0 fully saturated rings. The summed E-state index contributed by atoms with van der Waals surface area (Å²) in [4.78, 5) is 12.2. The highest BCUT2D eigenvalue weighted by atomic mass is 35.5. The molecule has 4 nitrogen and oxygen atoms in total. The van der Waals surface area contributed by atoms with E-state index in [0.29, 0.717) is 27.5 Å². The Morgan fingerprint density at radius 1 is 1.20 bits per heavy atom. The zero-order valence-corrected chi connectivity index (χ0v) is 11.5. The Morgan fingerprint density at radius 2 is 1.90 bits per heavy atom. The predicted molar refractivity (Wildman–Crippen MR) is 78.4 cm³/mol. The van der Waals surface area contributed by atoms with Crippen LogP contribution in [0.25, 0.3) is 0 Å². The number of hydrogen-bond acceptors (Lipinski definition) is 3. The minimum Gasteiger partial charge on any atom is -0.323 e. The summed E-state index contributed by atoms with van der Waals surface area (Å²) < 4.78 is 13.0. The van der Waals surface area contributed by atoms with Crippen molar-refractivity contribution >= 4 is 28.9 Å². The summed E-state index contributed by atoms with van der Waals surface area (Å²) in [7, 11) is 0. The molecule has 0 aliphatic carbocycles. The molecule has 104 valence electrons. The Bertz CT molecular complexity index is 661. The third-order valence-corrected chi connectivity index (χ3v) is 3.05. The minimum atomic E-state index is -0.379. The summed E-state index contributed by atoms with van der Waals surface area (Å²) in [6.45, 7) is 1.71. The van der Waals surface area contributed by atoms with E-state index in [-0.39, 0.29) is 11.7 Å². The number of nitrogens with one attached hydrogen (secondary N) is 2. The lowest BCUT2D eigenvalue weighted by Gasteiger charge is -2.11. The van der Waals surface area contributed by atoms with Crippen LogP contribution in [0.2, 0.25) is 5.02 Å². The first-order valence-electron chi connectivity index (χ1n) is 5.85. The van der Waals surface area contributed by atoms with E-state index in [9.17, 15) is 9.18 Å². The zero-order chi connectivity index (χ0) is 14.7. The van der Waals surface area contributed by atoms with Gasteiger partial charge in [0, 0.05) is 10.7 Å². The van der Waals surface area contributed by atoms with Crippen LogP contribution in [0.3, 0.4) is 0 Å². The van der Waals surface area contributed by atoms with Crippen molar-refractivity contribution in [1.29, 1.82) is 0 Å². The molecule has 2 rings (SSSR count). The Hall–Kier alpha value is -2.11. The van der Waals surface area contributed by atoms with Gasteiger partial charge in [0.1, 0.15) is 5.82 Å². The maximum atomic E-state index is 13.0. The number of rotatable bonds is 3. The second-order valence-electron chi connectivity index (χ2n) is 4.25. The third kappa shape index (κ3) is 3.07. The lowest BCUT2D eigenvalue weighted by atomic mass is 10.1. The maximum absolute atomic E-state index is 13.0. The number of halogens is 2. The molecule has 0 aliphatic heterocycles. The van der Waals surface area contributed by atoms with E-state index in [0.717, 1.165) is 0 Å². The van der Waals surface area contributed by atoms with Crippen LogP contribution in [0.4, 0.5) is 15.8 Å². The van der Waals surface area contributed by atoms with Crippen molar-refractivity contribution in [1.82, 2.24) is 0 Å². The normalized spacial score (nSPS) is 10.2. The van der Waals surface area contributed by atoms with Gasteiger partial charge in [0.15, 0.2) is 0 Å². The molecule has 0 aliphatic rings. The SMILES string of the molecule is Cc1cc(F)ccc1NC(=O)c1cc(Cl)ccc1NN. The smallest absolute Gasteiger partial charge is 0.257 e. The summed E-state index contributed by atoms with van der Waals surface area (Å²) in [5.74, 6) is 4.63. The lowest BCUT2D eigenvalue weighted by molar-refractivity contribution is 0.102. The van der Waals surface area contributed by atoms with Crippen LogP contribution in [0, 0.1) is 12.7 Å². The van der Waals surface area contributed by atoms with Gasteiger partial charge in [-0.25, -0.2) is 4.39 Å². The van der Waals surface area contributed by atoms with E-state index in [1.807, 2.05) is 0 Å². The average Bonchev–Trinajstić information content (AvgIpc) is 2.41. The number of aryl methyl sites for hydroxylation is 1. The topological polar surface area (TPSA) is 67.2 Å². The van der Waals surface area contributed by atoms with E-state index < -0.39 is 0 Å². The number of nitrogens with two attached hydrogens (primary N) is 1. The largest absolute Gasteiger partial charge is 0.323 e. The molecule has 0 spiro atoms. The molecule has 0 radical (unpaired) electrons. The fourth-order valence-corrected chi connectivity index (χ4v) is 1.96. The highest BCUT2D eigenvalue weighted by Gasteiger charge is 2.13. The second kappa shape index (κ2) is 5.90. The molecule has 0 saturated carbocycles. The highest BCUT2D eigenvalue weighted by Crippen LogP contribution is 2.22. The number of carbonyl (C=O) groups is 1. The molecule has 2 aromatic carbocycles. The lowest BCUT2D eigenvalue weighted by Crippen LogP contribution is -2.17. The standard InChI is InChI=1S/C14H13ClFN3O/c1-8-6-10(16)3-5-12(8)18-14(20)11-7-9(15)2-4-13(11)19-17/h2-7,19H,17H2,1H3,(H,18,20). The van der Waals surface area contributed by atoms with E-state index >= 15 is 0 Å². The molecule has 0 aromatic heterocycles. The monoisotopic (exact) mass is 293 g/mol. The number of nitrogen functional groups attached to an aromatic ring is 1. The molecule has 2 aromatic rings. The number of carbonyl (C=O) groups excluding carboxylic acids is 1. The van der Waals surface area contributed by atoms with Gasteiger partial charge < -0.3 is 10.7 Å². The summed E-state index contributed by atoms with van der Waals surface area (Å²) in [5, 5.41) is 3.12. The number of anilines is 2. The molecule has 0 atom stereocenters. The molecule has 4 N–H and O–H groups in total. The molecular formula is C14H13ClFN3O. The van der Waals surface area contributed by atoms with Crippen LogP contribution in [-0.4, -0.2) is 5.91 Å². The van der Waals surface area contributed by atoms with Crippen molar-refractivity contribution in [2.24, 2.45) is 5.84 Å². The Kier molecular flexibility index (Phi) is 4.22. The second-order valence-corrected chi connectivity index (χ2v) is 4.68. The van der Waals surface area contributed by atoms with Crippen LogP contribution < -0.4 is 16.6 Å². The average molecular weight is 294 g/mol. The zero-order valence-electron chi connectivity index (χ0n) is 10.7. The third-order valence-electron chi connectivity index (χ3n) is 2.82. The van der Waals surface area contributed by atoms with Gasteiger partial charge >= 0.3 is 0 Å². The van der Waals surface area contributed by atoms with Crippen molar-refractivity contribution in [2.45, 2.75) is 6.92 Å². The summed E-state index contributed by atoms with van der Waals surface area (Å²) >= 11 is 5.87. The van der Waals surface area contributed by atoms with Gasteiger partial charge in [-0.15, -0.1) is 0 Å². The van der Waals surface area contributed by atoms with Crippen molar-refractivity contribution in [2.75, 3.05) is 10.7 Å². The van der Waals surface area contributed by atoms with Crippen molar-refractivity contribution in [3.05, 3.63) is 58.4 Å². The van der Waals surface area contributed by atoms with Crippen LogP contribution in [-0.2, 0) is 0 Å². The van der Waals surface area contributed by atoms with Crippen LogP contribution in [0.5, 0.6) is 0 Å². The van der Waals surface area contributed by atoms with Crippen LogP contribution in [0.15, 0.2) is 36.4 Å². The summed E-state index contributed by atoms with van der Waals surface area (Å²) in [6, 6.07) is 8.86. The molecule has 20 heavy (non-hydrogen) atoms. The number of amides is 1. The van der Waals surface area contributed by atoms with E-state index in [4.69, 9.17) is 17.4 Å². The van der Waals surface area contributed by atoms with Crippen molar-refractivity contribution < 1.29 is 9.18 Å². The maximum Gasteiger partial charge on any atom is 0.257 e. The van der Waals surface area contributed by atoms with Crippen LogP contribution in [0.1, 0.15) is 15.9 Å². The van der Waals surface area contributed by atoms with Crippen LogP contribution >= 0.6 is 11.6 Å². The van der Waals surface area contributed by atoms with Gasteiger partial charge in [-0.05, 0) is 48.9 Å². The fraction of sp³-hybridized carbons (Fsp3) is 0.0714. The first-order valence-corrected chi connectivity index (χ1v) is 6.22. The van der Waals surface area contributed by atoms with Gasteiger partial charge in [-0.1, -0.05) is 11.6 Å². The molecule has 1 amide bonds. The molecule has 6 heteroatoms. The number of hydrazine groups is 1. The van der Waals surface area contributed by atoms with E-state index in [1.165, 1.54) is 24.3 Å². The van der Waals surface area contributed by atoms with Gasteiger partial charge in [-0.2, -0.15) is 0 Å². The summed E-state index contributed by atoms with van der Waals surface area (Å²) in [5.41, 5.74) is 4.35. The quantitative estimate of drug-likeness (QED) is 0.601. The predicted octanol–water partition coefficient (Wildman–Crippen LogP) is 3.33. The first kappa shape index (κ1) is 14.3. The fourth-order valence-electron chi connectivity index (χ4n) is 1.79. The van der Waals surface area contributed by atoms with Gasteiger partial charge in [0.2, 0.25) is 0 Å². The number of benzene rings is 2. The molecule has 0 unspecified atom stereocenters. The van der Waals surface area contributed by atoms with Crippen molar-refractivity contribution in [3.63, 3.8) is 0 Å². The Labute approximate surface area is 120 Å². The van der Waals surface area contributed by atoms with Gasteiger partial charge in [-0.3, -0.25) is 10.6 Å².